The average molecular weight is 530 g/mol. The van der Waals surface area contributed by atoms with Crippen molar-refractivity contribution in [3.05, 3.63) is 92.4 Å². The summed E-state index contributed by atoms with van der Waals surface area (Å²) in [5.41, 5.74) is 3.82. The highest BCUT2D eigenvalue weighted by Crippen LogP contribution is 2.38. The van der Waals surface area contributed by atoms with E-state index in [-0.39, 0.29) is 24.8 Å². The van der Waals surface area contributed by atoms with Gasteiger partial charge in [0.25, 0.3) is 0 Å². The molecule has 0 spiro atoms. The van der Waals surface area contributed by atoms with Gasteiger partial charge in [0, 0.05) is 25.8 Å². The monoisotopic (exact) mass is 528 g/mol. The van der Waals surface area contributed by atoms with Crippen LogP contribution in [-0.2, 0) is 0 Å². The first-order valence-electron chi connectivity index (χ1n) is 9.45. The highest BCUT2D eigenvalue weighted by Gasteiger charge is 2.26. The van der Waals surface area contributed by atoms with E-state index in [1.165, 1.54) is 0 Å². The van der Waals surface area contributed by atoms with Crippen LogP contribution in [0.25, 0.3) is 5.70 Å². The number of halogens is 2. The third-order valence-corrected chi connectivity index (χ3v) is 6.21. The SMILES string of the molecule is Oc1ccc(Br)cc1C1C=C(c2ccc3c(c2)OCO3)NC(c2ccc(Br)cc2)N1. The van der Waals surface area contributed by atoms with E-state index in [0.29, 0.717) is 0 Å². The number of phenols is 1. The van der Waals surface area contributed by atoms with Gasteiger partial charge in [0.15, 0.2) is 11.5 Å². The Balaban J connectivity index is 1.57. The normalized spacial score (nSPS) is 19.9. The third kappa shape index (κ3) is 3.80. The second-order valence-corrected chi connectivity index (χ2v) is 8.96. The number of phenolic OH excluding ortho intramolecular Hbond substituents is 1. The zero-order valence-corrected chi connectivity index (χ0v) is 18.9. The molecule has 2 unspecified atom stereocenters. The molecule has 0 amide bonds. The van der Waals surface area contributed by atoms with Gasteiger partial charge in [-0.3, -0.25) is 5.32 Å². The van der Waals surface area contributed by atoms with Gasteiger partial charge in [-0.2, -0.15) is 0 Å². The van der Waals surface area contributed by atoms with Gasteiger partial charge in [-0.25, -0.2) is 0 Å². The second-order valence-electron chi connectivity index (χ2n) is 7.12. The lowest BCUT2D eigenvalue weighted by atomic mass is 9.97. The molecule has 3 aromatic carbocycles. The lowest BCUT2D eigenvalue weighted by Crippen LogP contribution is -2.39. The van der Waals surface area contributed by atoms with Gasteiger partial charge in [-0.15, -0.1) is 0 Å². The lowest BCUT2D eigenvalue weighted by Gasteiger charge is -2.33. The first-order chi connectivity index (χ1) is 14.6. The van der Waals surface area contributed by atoms with Crippen LogP contribution in [0.15, 0.2) is 75.7 Å². The minimum atomic E-state index is -0.196. The van der Waals surface area contributed by atoms with Crippen molar-refractivity contribution in [3.63, 3.8) is 0 Å². The summed E-state index contributed by atoms with van der Waals surface area (Å²) in [6, 6.07) is 19.3. The molecule has 5 nitrogen and oxygen atoms in total. The summed E-state index contributed by atoms with van der Waals surface area (Å²) < 4.78 is 12.9. The molecule has 0 bridgehead atoms. The maximum atomic E-state index is 10.5. The van der Waals surface area contributed by atoms with E-state index in [9.17, 15) is 5.11 Å². The van der Waals surface area contributed by atoms with E-state index in [0.717, 1.165) is 42.8 Å². The molecular weight excluding hydrogens is 512 g/mol. The van der Waals surface area contributed by atoms with Gasteiger partial charge in [-0.05, 0) is 60.2 Å². The summed E-state index contributed by atoms with van der Waals surface area (Å²) in [5, 5.41) is 17.7. The lowest BCUT2D eigenvalue weighted by molar-refractivity contribution is 0.174. The molecule has 0 radical (unpaired) electrons. The smallest absolute Gasteiger partial charge is 0.231 e. The molecule has 3 N–H and O–H groups in total. The van der Waals surface area contributed by atoms with Gasteiger partial charge >= 0.3 is 0 Å². The molecule has 7 heteroatoms. The van der Waals surface area contributed by atoms with Crippen LogP contribution >= 0.6 is 31.9 Å². The predicted octanol–water partition coefficient (Wildman–Crippen LogP) is 5.62. The van der Waals surface area contributed by atoms with Crippen LogP contribution in [-0.4, -0.2) is 11.9 Å². The van der Waals surface area contributed by atoms with E-state index >= 15 is 0 Å². The largest absolute Gasteiger partial charge is 0.508 e. The second kappa shape index (κ2) is 7.98. The topological polar surface area (TPSA) is 62.8 Å². The highest BCUT2D eigenvalue weighted by molar-refractivity contribution is 9.10. The zero-order valence-electron chi connectivity index (χ0n) is 15.7. The van der Waals surface area contributed by atoms with Crippen molar-refractivity contribution in [2.45, 2.75) is 12.2 Å². The fourth-order valence-electron chi connectivity index (χ4n) is 3.67. The first-order valence-corrected chi connectivity index (χ1v) is 11.0. The molecule has 0 saturated carbocycles. The van der Waals surface area contributed by atoms with Gasteiger partial charge in [0.2, 0.25) is 6.79 Å². The molecule has 5 rings (SSSR count). The van der Waals surface area contributed by atoms with Crippen molar-refractivity contribution in [3.8, 4) is 17.2 Å². The summed E-state index contributed by atoms with van der Waals surface area (Å²) in [6.45, 7) is 0.239. The fourth-order valence-corrected chi connectivity index (χ4v) is 4.32. The summed E-state index contributed by atoms with van der Waals surface area (Å²) in [4.78, 5) is 0. The van der Waals surface area contributed by atoms with E-state index in [1.54, 1.807) is 6.07 Å². The first kappa shape index (κ1) is 19.5. The Labute approximate surface area is 191 Å². The van der Waals surface area contributed by atoms with E-state index in [1.807, 2.05) is 42.5 Å². The average Bonchev–Trinajstić information content (AvgIpc) is 3.23. The number of hydrogen-bond acceptors (Lipinski definition) is 5. The van der Waals surface area contributed by atoms with Crippen molar-refractivity contribution in [2.75, 3.05) is 6.79 Å². The maximum Gasteiger partial charge on any atom is 0.231 e. The third-order valence-electron chi connectivity index (χ3n) is 5.19. The van der Waals surface area contributed by atoms with Crippen molar-refractivity contribution < 1.29 is 14.6 Å². The fraction of sp³-hybridized carbons (Fsp3) is 0.130. The molecule has 0 fully saturated rings. The van der Waals surface area contributed by atoms with Crippen LogP contribution in [0, 0.1) is 0 Å². The molecule has 2 atom stereocenters. The van der Waals surface area contributed by atoms with Crippen molar-refractivity contribution in [1.82, 2.24) is 10.6 Å². The predicted molar refractivity (Wildman–Crippen MR) is 122 cm³/mol. The Kier molecular flexibility index (Phi) is 5.18. The Morgan fingerprint density at radius 1 is 0.867 bits per heavy atom. The number of ether oxygens (including phenoxy) is 2. The molecule has 3 aromatic rings. The molecule has 152 valence electrons. The maximum absolute atomic E-state index is 10.5. The van der Waals surface area contributed by atoms with E-state index < -0.39 is 0 Å². The Morgan fingerprint density at radius 3 is 2.47 bits per heavy atom. The molecular formula is C23H18Br2N2O3. The molecule has 2 aliphatic heterocycles. The van der Waals surface area contributed by atoms with Crippen LogP contribution in [0.2, 0.25) is 0 Å². The quantitative estimate of drug-likeness (QED) is 0.411. The van der Waals surface area contributed by atoms with E-state index in [4.69, 9.17) is 9.47 Å². The van der Waals surface area contributed by atoms with Gasteiger partial charge in [0.1, 0.15) is 11.9 Å². The zero-order chi connectivity index (χ0) is 20.7. The van der Waals surface area contributed by atoms with Crippen LogP contribution < -0.4 is 20.1 Å². The summed E-state index contributed by atoms with van der Waals surface area (Å²) in [7, 11) is 0. The summed E-state index contributed by atoms with van der Waals surface area (Å²) >= 11 is 7.01. The Hall–Kier alpha value is -2.48. The van der Waals surface area contributed by atoms with Crippen LogP contribution in [0.5, 0.6) is 17.2 Å². The summed E-state index contributed by atoms with van der Waals surface area (Å²) in [6.07, 6.45) is 1.93. The standard InChI is InChI=1S/C23H18Br2N2O3/c24-15-4-1-13(2-5-15)23-26-18(14-3-8-21-22(9-14)30-12-29-21)11-19(27-23)17-10-16(25)6-7-20(17)28/h1-11,19,23,26-28H,12H2. The summed E-state index contributed by atoms with van der Waals surface area (Å²) in [5.74, 6) is 1.73. The van der Waals surface area contributed by atoms with Gasteiger partial charge in [0.05, 0.1) is 6.04 Å². The van der Waals surface area contributed by atoms with Gasteiger partial charge in [-0.1, -0.05) is 44.0 Å². The Morgan fingerprint density at radius 2 is 1.63 bits per heavy atom. The number of nitrogens with one attached hydrogen (secondary N) is 2. The minimum absolute atomic E-state index is 0.146. The van der Waals surface area contributed by atoms with Crippen molar-refractivity contribution >= 4 is 37.6 Å². The van der Waals surface area contributed by atoms with Crippen LogP contribution in [0.4, 0.5) is 0 Å². The number of benzene rings is 3. The Bertz CT molecular complexity index is 1130. The molecule has 0 saturated heterocycles. The van der Waals surface area contributed by atoms with Crippen LogP contribution in [0.3, 0.4) is 0 Å². The molecule has 30 heavy (non-hydrogen) atoms. The number of fused-ring (bicyclic) bond motifs is 1. The minimum Gasteiger partial charge on any atom is -0.508 e. The van der Waals surface area contributed by atoms with Crippen molar-refractivity contribution in [1.29, 1.82) is 0 Å². The van der Waals surface area contributed by atoms with Crippen LogP contribution in [0.1, 0.15) is 28.9 Å². The van der Waals surface area contributed by atoms with E-state index in [2.05, 4.69) is 60.7 Å². The molecule has 0 aliphatic carbocycles. The molecule has 2 heterocycles. The number of rotatable bonds is 3. The molecule has 2 aliphatic rings. The molecule has 0 aromatic heterocycles. The number of aromatic hydroxyl groups is 1. The van der Waals surface area contributed by atoms with Gasteiger partial charge < -0.3 is 19.9 Å². The van der Waals surface area contributed by atoms with Crippen molar-refractivity contribution in [2.24, 2.45) is 0 Å². The highest BCUT2D eigenvalue weighted by atomic mass is 79.9. The number of hydrogen-bond donors (Lipinski definition) is 3.